The van der Waals surface area contributed by atoms with Gasteiger partial charge in [-0.1, -0.05) is 48.5 Å². The molecule has 0 radical (unpaired) electrons. The van der Waals surface area contributed by atoms with E-state index in [-0.39, 0.29) is 11.8 Å². The van der Waals surface area contributed by atoms with E-state index in [1.165, 1.54) is 24.0 Å². The van der Waals surface area contributed by atoms with Gasteiger partial charge < -0.3 is 10.6 Å². The molecule has 0 saturated carbocycles. The quantitative estimate of drug-likeness (QED) is 0.842. The van der Waals surface area contributed by atoms with Crippen molar-refractivity contribution in [1.29, 1.82) is 0 Å². The molecule has 1 aliphatic carbocycles. The van der Waals surface area contributed by atoms with Gasteiger partial charge in [0.25, 0.3) is 0 Å². The maximum absolute atomic E-state index is 12.3. The molecule has 0 aromatic heterocycles. The maximum atomic E-state index is 12.3. The van der Waals surface area contributed by atoms with Crippen LogP contribution in [0.2, 0.25) is 0 Å². The Kier molecular flexibility index (Phi) is 6.05. The summed E-state index contributed by atoms with van der Waals surface area (Å²) in [6, 6.07) is 15.5. The van der Waals surface area contributed by atoms with E-state index < -0.39 is 6.04 Å². The van der Waals surface area contributed by atoms with E-state index in [4.69, 9.17) is 0 Å². The standard InChI is InChI=1S/C22H26N2O2/c1-16(22(26)23-15-17-7-3-2-4-8-17)24-21(25)14-18-11-12-19-9-5-6-10-20(19)13-18/h2-4,7-8,11-13,16H,5-6,9-10,14-15H2,1H3,(H,23,26)(H,24,25). The van der Waals surface area contributed by atoms with Gasteiger partial charge in [-0.15, -0.1) is 0 Å². The van der Waals surface area contributed by atoms with Crippen LogP contribution in [0.1, 0.15) is 42.0 Å². The van der Waals surface area contributed by atoms with Crippen molar-refractivity contribution in [3.8, 4) is 0 Å². The van der Waals surface area contributed by atoms with Crippen molar-refractivity contribution in [2.24, 2.45) is 0 Å². The lowest BCUT2D eigenvalue weighted by Crippen LogP contribution is -2.45. The molecule has 4 heteroatoms. The predicted octanol–water partition coefficient (Wildman–Crippen LogP) is 2.93. The molecule has 2 aromatic carbocycles. The number of benzene rings is 2. The Labute approximate surface area is 155 Å². The molecule has 3 rings (SSSR count). The molecule has 0 spiro atoms. The van der Waals surface area contributed by atoms with Crippen molar-refractivity contribution >= 4 is 11.8 Å². The van der Waals surface area contributed by atoms with Crippen LogP contribution in [0, 0.1) is 0 Å². The average molecular weight is 350 g/mol. The number of aryl methyl sites for hydroxylation is 2. The van der Waals surface area contributed by atoms with E-state index in [9.17, 15) is 9.59 Å². The number of nitrogens with one attached hydrogen (secondary N) is 2. The lowest BCUT2D eigenvalue weighted by molar-refractivity contribution is -0.128. The summed E-state index contributed by atoms with van der Waals surface area (Å²) in [5.41, 5.74) is 4.83. The molecular weight excluding hydrogens is 324 g/mol. The second-order valence-electron chi connectivity index (χ2n) is 6.98. The lowest BCUT2D eigenvalue weighted by atomic mass is 9.90. The molecule has 1 atom stereocenters. The van der Waals surface area contributed by atoms with E-state index in [2.05, 4.69) is 22.8 Å². The second-order valence-corrected chi connectivity index (χ2v) is 6.98. The van der Waals surface area contributed by atoms with Crippen molar-refractivity contribution in [3.63, 3.8) is 0 Å². The fourth-order valence-corrected chi connectivity index (χ4v) is 3.38. The number of fused-ring (bicyclic) bond motifs is 1. The molecule has 0 saturated heterocycles. The summed E-state index contributed by atoms with van der Waals surface area (Å²) in [6.45, 7) is 2.18. The molecule has 2 N–H and O–H groups in total. The summed E-state index contributed by atoms with van der Waals surface area (Å²) in [6.07, 6.45) is 5.02. The normalized spacial score (nSPS) is 14.2. The number of hydrogen-bond donors (Lipinski definition) is 2. The van der Waals surface area contributed by atoms with Gasteiger partial charge in [0, 0.05) is 6.54 Å². The van der Waals surface area contributed by atoms with Gasteiger partial charge in [-0.3, -0.25) is 9.59 Å². The smallest absolute Gasteiger partial charge is 0.242 e. The van der Waals surface area contributed by atoms with Crippen LogP contribution in [0.25, 0.3) is 0 Å². The molecule has 0 aliphatic heterocycles. The molecule has 26 heavy (non-hydrogen) atoms. The van der Waals surface area contributed by atoms with E-state index in [0.29, 0.717) is 13.0 Å². The summed E-state index contributed by atoms with van der Waals surface area (Å²) in [5, 5.41) is 5.65. The van der Waals surface area contributed by atoms with Crippen molar-refractivity contribution in [2.75, 3.05) is 0 Å². The molecule has 2 aromatic rings. The molecule has 0 bridgehead atoms. The zero-order chi connectivity index (χ0) is 18.4. The van der Waals surface area contributed by atoms with Crippen LogP contribution in [0.15, 0.2) is 48.5 Å². The zero-order valence-corrected chi connectivity index (χ0v) is 15.3. The van der Waals surface area contributed by atoms with Crippen molar-refractivity contribution < 1.29 is 9.59 Å². The Morgan fingerprint density at radius 1 is 0.962 bits per heavy atom. The summed E-state index contributed by atoms with van der Waals surface area (Å²) in [4.78, 5) is 24.4. The molecule has 136 valence electrons. The third-order valence-corrected chi connectivity index (χ3v) is 4.86. The third kappa shape index (κ3) is 4.94. The molecule has 1 unspecified atom stereocenters. The van der Waals surface area contributed by atoms with Crippen molar-refractivity contribution in [2.45, 2.75) is 51.6 Å². The summed E-state index contributed by atoms with van der Waals surface area (Å²) >= 11 is 0. The van der Waals surface area contributed by atoms with E-state index in [0.717, 1.165) is 24.0 Å². The van der Waals surface area contributed by atoms with Gasteiger partial charge in [-0.2, -0.15) is 0 Å². The SMILES string of the molecule is CC(NC(=O)Cc1ccc2c(c1)CCCC2)C(=O)NCc1ccccc1. The van der Waals surface area contributed by atoms with Gasteiger partial charge in [0.2, 0.25) is 11.8 Å². The highest BCUT2D eigenvalue weighted by atomic mass is 16.2. The minimum absolute atomic E-state index is 0.122. The molecule has 0 fully saturated rings. The van der Waals surface area contributed by atoms with E-state index >= 15 is 0 Å². The monoisotopic (exact) mass is 350 g/mol. The Bertz CT molecular complexity index is 771. The highest BCUT2D eigenvalue weighted by Gasteiger charge is 2.16. The predicted molar refractivity (Wildman–Crippen MR) is 103 cm³/mol. The van der Waals surface area contributed by atoms with Crippen LogP contribution < -0.4 is 10.6 Å². The van der Waals surface area contributed by atoms with Crippen molar-refractivity contribution in [3.05, 3.63) is 70.8 Å². The molecular formula is C22H26N2O2. The fraction of sp³-hybridized carbons (Fsp3) is 0.364. The minimum Gasteiger partial charge on any atom is -0.350 e. The topological polar surface area (TPSA) is 58.2 Å². The van der Waals surface area contributed by atoms with Crippen LogP contribution in [-0.2, 0) is 35.4 Å². The number of hydrogen-bond acceptors (Lipinski definition) is 2. The Morgan fingerprint density at radius 3 is 2.46 bits per heavy atom. The number of carbonyl (C=O) groups is 2. The maximum Gasteiger partial charge on any atom is 0.242 e. The molecule has 4 nitrogen and oxygen atoms in total. The highest BCUT2D eigenvalue weighted by molar-refractivity contribution is 5.88. The Morgan fingerprint density at radius 2 is 1.69 bits per heavy atom. The lowest BCUT2D eigenvalue weighted by Gasteiger charge is -2.17. The first-order chi connectivity index (χ1) is 12.6. The van der Waals surface area contributed by atoms with Gasteiger partial charge in [-0.05, 0) is 54.9 Å². The second kappa shape index (κ2) is 8.65. The van der Waals surface area contributed by atoms with Gasteiger partial charge in [0.05, 0.1) is 6.42 Å². The minimum atomic E-state index is -0.552. The van der Waals surface area contributed by atoms with E-state index in [1.807, 2.05) is 36.4 Å². The van der Waals surface area contributed by atoms with Crippen LogP contribution in [0.3, 0.4) is 0 Å². The highest BCUT2D eigenvalue weighted by Crippen LogP contribution is 2.22. The largest absolute Gasteiger partial charge is 0.350 e. The number of amides is 2. The fourth-order valence-electron chi connectivity index (χ4n) is 3.38. The summed E-state index contributed by atoms with van der Waals surface area (Å²) < 4.78 is 0. The molecule has 0 heterocycles. The first-order valence-corrected chi connectivity index (χ1v) is 9.33. The number of carbonyl (C=O) groups excluding carboxylic acids is 2. The zero-order valence-electron chi connectivity index (χ0n) is 15.3. The number of rotatable bonds is 6. The first-order valence-electron chi connectivity index (χ1n) is 9.33. The Balaban J connectivity index is 1.48. The van der Waals surface area contributed by atoms with Gasteiger partial charge in [0.1, 0.15) is 6.04 Å². The van der Waals surface area contributed by atoms with Crippen LogP contribution >= 0.6 is 0 Å². The van der Waals surface area contributed by atoms with Crippen LogP contribution in [-0.4, -0.2) is 17.9 Å². The van der Waals surface area contributed by atoms with Gasteiger partial charge in [-0.25, -0.2) is 0 Å². The Hall–Kier alpha value is -2.62. The van der Waals surface area contributed by atoms with Crippen molar-refractivity contribution in [1.82, 2.24) is 10.6 Å². The van der Waals surface area contributed by atoms with Gasteiger partial charge in [0.15, 0.2) is 0 Å². The van der Waals surface area contributed by atoms with Crippen LogP contribution in [0.5, 0.6) is 0 Å². The summed E-state index contributed by atoms with van der Waals surface area (Å²) in [7, 11) is 0. The molecule has 2 amide bonds. The summed E-state index contributed by atoms with van der Waals surface area (Å²) in [5.74, 6) is -0.296. The first kappa shape index (κ1) is 18.2. The van der Waals surface area contributed by atoms with E-state index in [1.54, 1.807) is 6.92 Å². The van der Waals surface area contributed by atoms with Gasteiger partial charge >= 0.3 is 0 Å². The van der Waals surface area contributed by atoms with Crippen LogP contribution in [0.4, 0.5) is 0 Å². The third-order valence-electron chi connectivity index (χ3n) is 4.86. The average Bonchev–Trinajstić information content (AvgIpc) is 2.66. The molecule has 1 aliphatic rings.